The van der Waals surface area contributed by atoms with Crippen LogP contribution in [0.3, 0.4) is 0 Å². The lowest BCUT2D eigenvalue weighted by atomic mass is 10.1. The molecular weight excluding hydrogens is 272 g/mol. The summed E-state index contributed by atoms with van der Waals surface area (Å²) in [6.45, 7) is 0. The van der Waals surface area contributed by atoms with Gasteiger partial charge in [-0.2, -0.15) is 0 Å². The summed E-state index contributed by atoms with van der Waals surface area (Å²) >= 11 is 6.06. The van der Waals surface area contributed by atoms with Gasteiger partial charge in [-0.25, -0.2) is 4.79 Å². The predicted octanol–water partition coefficient (Wildman–Crippen LogP) is 4.28. The Balaban J connectivity index is 2.25. The third kappa shape index (κ3) is 3.39. The minimum Gasteiger partial charge on any atom is -0.497 e. The Morgan fingerprint density at radius 2 is 1.85 bits per heavy atom. The number of allylic oxidation sites excluding steroid dienone is 2. The molecule has 0 saturated heterocycles. The molecule has 20 heavy (non-hydrogen) atoms. The highest BCUT2D eigenvalue weighted by Gasteiger charge is 2.00. The van der Waals surface area contributed by atoms with Crippen LogP contribution in [-0.2, 0) is 4.79 Å². The van der Waals surface area contributed by atoms with Crippen molar-refractivity contribution >= 4 is 29.2 Å². The molecule has 0 aliphatic heterocycles. The van der Waals surface area contributed by atoms with Crippen LogP contribution >= 0.6 is 11.6 Å². The molecule has 0 bridgehead atoms. The van der Waals surface area contributed by atoms with Crippen molar-refractivity contribution in [3.63, 3.8) is 0 Å². The average Bonchev–Trinajstić information content (AvgIpc) is 2.50. The number of halogens is 1. The third-order valence-corrected chi connectivity index (χ3v) is 3.19. The van der Waals surface area contributed by atoms with Crippen molar-refractivity contribution in [1.29, 1.82) is 0 Å². The quantitative estimate of drug-likeness (QED) is 0.619. The highest BCUT2D eigenvalue weighted by molar-refractivity contribution is 6.32. The minimum atomic E-state index is 0.465. The molecule has 100 valence electrons. The second-order valence-electron chi connectivity index (χ2n) is 4.10. The zero-order chi connectivity index (χ0) is 14.4. The highest BCUT2D eigenvalue weighted by atomic mass is 35.5. The maximum atomic E-state index is 11.1. The summed E-state index contributed by atoms with van der Waals surface area (Å²) in [7, 11) is 1.60. The van der Waals surface area contributed by atoms with Gasteiger partial charge < -0.3 is 4.74 Å². The fourth-order valence-electron chi connectivity index (χ4n) is 1.74. The molecule has 2 nitrogen and oxygen atoms in total. The summed E-state index contributed by atoms with van der Waals surface area (Å²) in [6, 6.07) is 14.7. The Morgan fingerprint density at radius 1 is 1.15 bits per heavy atom. The molecule has 2 aromatic carbocycles. The van der Waals surface area contributed by atoms with E-state index >= 15 is 0 Å². The summed E-state index contributed by atoms with van der Waals surface area (Å²) < 4.78 is 5.08. The molecule has 0 radical (unpaired) electrons. The van der Waals surface area contributed by atoms with Gasteiger partial charge in [-0.15, -0.1) is 0 Å². The van der Waals surface area contributed by atoms with Gasteiger partial charge in [0, 0.05) is 5.02 Å². The lowest BCUT2D eigenvalue weighted by molar-refractivity contribution is 0.415. The van der Waals surface area contributed by atoms with Crippen LogP contribution in [-0.4, -0.2) is 13.1 Å². The topological polar surface area (TPSA) is 26.3 Å². The summed E-state index contributed by atoms with van der Waals surface area (Å²) in [5, 5.41) is 0.642. The molecule has 0 aromatic heterocycles. The third-order valence-electron chi connectivity index (χ3n) is 2.85. The van der Waals surface area contributed by atoms with Crippen LogP contribution in [0.15, 0.2) is 54.6 Å². The molecule has 0 aliphatic carbocycles. The molecule has 0 heterocycles. The Morgan fingerprint density at radius 3 is 2.45 bits per heavy atom. The van der Waals surface area contributed by atoms with Crippen molar-refractivity contribution < 1.29 is 9.53 Å². The monoisotopic (exact) mass is 284 g/mol. The van der Waals surface area contributed by atoms with Gasteiger partial charge in [0.1, 0.15) is 11.7 Å². The van der Waals surface area contributed by atoms with Gasteiger partial charge in [0.05, 0.1) is 12.7 Å². The van der Waals surface area contributed by atoms with Crippen LogP contribution in [0.25, 0.3) is 11.6 Å². The van der Waals surface area contributed by atoms with Crippen molar-refractivity contribution in [1.82, 2.24) is 0 Å². The van der Waals surface area contributed by atoms with Crippen LogP contribution in [0.5, 0.6) is 5.75 Å². The van der Waals surface area contributed by atoms with E-state index in [9.17, 15) is 4.79 Å². The van der Waals surface area contributed by atoms with Crippen molar-refractivity contribution in [3.05, 3.63) is 70.8 Å². The second kappa shape index (κ2) is 6.76. The molecule has 0 fully saturated rings. The van der Waals surface area contributed by atoms with Crippen LogP contribution in [0.2, 0.25) is 5.02 Å². The van der Waals surface area contributed by atoms with Crippen molar-refractivity contribution in [2.75, 3.05) is 7.11 Å². The van der Waals surface area contributed by atoms with E-state index in [0.717, 1.165) is 16.9 Å². The average molecular weight is 285 g/mol. The van der Waals surface area contributed by atoms with Gasteiger partial charge in [0.25, 0.3) is 0 Å². The van der Waals surface area contributed by atoms with Crippen LogP contribution in [0, 0.1) is 0 Å². The number of methoxy groups -OCH3 is 1. The van der Waals surface area contributed by atoms with Crippen molar-refractivity contribution in [3.8, 4) is 5.75 Å². The number of benzene rings is 2. The summed E-state index contributed by atoms with van der Waals surface area (Å²) in [4.78, 5) is 11.1. The Hall–Kier alpha value is -2.28. The second-order valence-corrected chi connectivity index (χ2v) is 4.51. The number of carbonyl (C=O) groups excluding carboxylic acids is 1. The van der Waals surface area contributed by atoms with Crippen molar-refractivity contribution in [2.24, 2.45) is 0 Å². The summed E-state index contributed by atoms with van der Waals surface area (Å²) in [5.41, 5.74) is 2.10. The maximum Gasteiger partial charge on any atom is 0.133 e. The van der Waals surface area contributed by atoms with Gasteiger partial charge in [0.2, 0.25) is 0 Å². The van der Waals surface area contributed by atoms with E-state index in [2.05, 4.69) is 0 Å². The molecule has 0 unspecified atom stereocenters. The SMILES string of the molecule is COc1ccc(C(=C=O)/C=C/c2ccccc2Cl)cc1. The van der Waals surface area contributed by atoms with Gasteiger partial charge in [-0.3, -0.25) is 0 Å². The number of hydrogen-bond acceptors (Lipinski definition) is 2. The van der Waals surface area contributed by atoms with Gasteiger partial charge in [0.15, 0.2) is 0 Å². The molecule has 0 saturated carbocycles. The molecule has 2 aromatic rings. The fourth-order valence-corrected chi connectivity index (χ4v) is 1.94. The van der Waals surface area contributed by atoms with Gasteiger partial charge >= 0.3 is 0 Å². The van der Waals surface area contributed by atoms with E-state index in [1.54, 1.807) is 37.5 Å². The molecule has 2 rings (SSSR count). The smallest absolute Gasteiger partial charge is 0.133 e. The number of hydrogen-bond donors (Lipinski definition) is 0. The minimum absolute atomic E-state index is 0.465. The van der Waals surface area contributed by atoms with Crippen LogP contribution in [0.1, 0.15) is 11.1 Å². The molecule has 0 amide bonds. The van der Waals surface area contributed by atoms with Gasteiger partial charge in [-0.1, -0.05) is 35.9 Å². The summed E-state index contributed by atoms with van der Waals surface area (Å²) in [5.74, 6) is 2.69. The first kappa shape index (κ1) is 14.1. The predicted molar refractivity (Wildman–Crippen MR) is 82.6 cm³/mol. The van der Waals surface area contributed by atoms with E-state index in [-0.39, 0.29) is 0 Å². The summed E-state index contributed by atoms with van der Waals surface area (Å²) in [6.07, 6.45) is 3.50. The maximum absolute atomic E-state index is 11.1. The van der Waals surface area contributed by atoms with E-state index in [0.29, 0.717) is 10.6 Å². The van der Waals surface area contributed by atoms with E-state index in [1.165, 1.54) is 0 Å². The highest BCUT2D eigenvalue weighted by Crippen LogP contribution is 2.21. The first-order chi connectivity index (χ1) is 9.74. The lowest BCUT2D eigenvalue weighted by Crippen LogP contribution is -1.85. The molecular formula is C17H13ClO2. The molecule has 0 atom stereocenters. The lowest BCUT2D eigenvalue weighted by Gasteiger charge is -2.02. The largest absolute Gasteiger partial charge is 0.497 e. The van der Waals surface area contributed by atoms with E-state index in [1.807, 2.05) is 36.3 Å². The number of rotatable bonds is 4. The Labute approximate surface area is 123 Å². The van der Waals surface area contributed by atoms with Crippen molar-refractivity contribution in [2.45, 2.75) is 0 Å². The Kier molecular flexibility index (Phi) is 4.78. The van der Waals surface area contributed by atoms with Gasteiger partial charge in [-0.05, 0) is 47.5 Å². The van der Waals surface area contributed by atoms with Crippen LogP contribution in [0.4, 0.5) is 0 Å². The van der Waals surface area contributed by atoms with E-state index < -0.39 is 0 Å². The zero-order valence-corrected chi connectivity index (χ0v) is 11.7. The molecule has 3 heteroatoms. The first-order valence-corrected chi connectivity index (χ1v) is 6.44. The van der Waals surface area contributed by atoms with Crippen LogP contribution < -0.4 is 4.74 Å². The molecule has 0 N–H and O–H groups in total. The Bertz CT molecular complexity index is 666. The zero-order valence-electron chi connectivity index (χ0n) is 11.0. The molecule has 0 spiro atoms. The van der Waals surface area contributed by atoms with E-state index in [4.69, 9.17) is 16.3 Å². The molecule has 0 aliphatic rings. The number of ether oxygens (including phenoxy) is 1. The first-order valence-electron chi connectivity index (χ1n) is 6.06. The fraction of sp³-hybridized carbons (Fsp3) is 0.0588. The normalized spacial score (nSPS) is 10.3. The standard InChI is InChI=1S/C17H13ClO2/c1-20-16-10-8-13(9-11-16)15(12-19)7-6-14-4-2-3-5-17(14)18/h2-11H,1H3/b7-6+.